The van der Waals surface area contributed by atoms with Crippen LogP contribution in [0.4, 0.5) is 23.0 Å². The third kappa shape index (κ3) is 6.28. The number of aromatic nitrogens is 2. The van der Waals surface area contributed by atoms with Gasteiger partial charge in [0, 0.05) is 35.1 Å². The van der Waals surface area contributed by atoms with Crippen molar-refractivity contribution in [3.8, 4) is 17.2 Å². The third-order valence-corrected chi connectivity index (χ3v) is 7.28. The molecule has 0 bridgehead atoms. The fourth-order valence-corrected chi connectivity index (χ4v) is 5.00. The van der Waals surface area contributed by atoms with Crippen LogP contribution < -0.4 is 24.8 Å². The molecule has 1 aromatic heterocycles. The van der Waals surface area contributed by atoms with Crippen molar-refractivity contribution in [1.29, 1.82) is 0 Å². The number of hydrogen-bond donors (Lipinski definition) is 4. The van der Waals surface area contributed by atoms with Crippen molar-refractivity contribution in [2.45, 2.75) is 4.90 Å². The number of anilines is 4. The Labute approximate surface area is 235 Å². The fraction of sp³-hybridized carbons (Fsp3) is 0.0690. The third-order valence-electron chi connectivity index (χ3n) is 5.95. The van der Waals surface area contributed by atoms with Crippen molar-refractivity contribution >= 4 is 50.0 Å². The summed E-state index contributed by atoms with van der Waals surface area (Å²) in [5, 5.41) is 15.8. The largest absolute Gasteiger partial charge is 0.508 e. The van der Waals surface area contributed by atoms with Gasteiger partial charge in [-0.05, 0) is 54.6 Å². The van der Waals surface area contributed by atoms with Gasteiger partial charge in [-0.1, -0.05) is 18.2 Å². The minimum Gasteiger partial charge on any atom is -0.508 e. The van der Waals surface area contributed by atoms with E-state index in [0.29, 0.717) is 33.8 Å². The number of phenolic OH excluding ortho intramolecular Hbond substituents is 1. The minimum atomic E-state index is -4.18. The van der Waals surface area contributed by atoms with Crippen LogP contribution in [0.25, 0.3) is 11.0 Å². The molecule has 0 spiro atoms. The van der Waals surface area contributed by atoms with Crippen LogP contribution in [0.5, 0.6) is 17.2 Å². The lowest BCUT2D eigenvalue weighted by atomic mass is 10.2. The van der Waals surface area contributed by atoms with E-state index < -0.39 is 15.9 Å². The number of amides is 1. The summed E-state index contributed by atoms with van der Waals surface area (Å²) in [6, 6.07) is 23.8. The predicted molar refractivity (Wildman–Crippen MR) is 156 cm³/mol. The lowest BCUT2D eigenvalue weighted by Gasteiger charge is -2.15. The van der Waals surface area contributed by atoms with Crippen molar-refractivity contribution in [2.75, 3.05) is 29.6 Å². The molecule has 1 amide bonds. The molecule has 1 heterocycles. The Kier molecular flexibility index (Phi) is 7.57. The molecule has 0 saturated carbocycles. The van der Waals surface area contributed by atoms with Gasteiger partial charge in [-0.15, -0.1) is 0 Å². The summed E-state index contributed by atoms with van der Waals surface area (Å²) in [6.07, 6.45) is 0. The second-order valence-corrected chi connectivity index (χ2v) is 10.5. The van der Waals surface area contributed by atoms with Crippen LogP contribution in [0.2, 0.25) is 0 Å². The summed E-state index contributed by atoms with van der Waals surface area (Å²) in [6.45, 7) is 0. The van der Waals surface area contributed by atoms with Crippen LogP contribution in [0.15, 0.2) is 95.9 Å². The molecule has 0 aliphatic rings. The molecule has 5 aromatic rings. The molecular formula is C29H25N5O6S. The maximum absolute atomic E-state index is 13.5. The number of nitrogens with one attached hydrogen (secondary N) is 3. The van der Waals surface area contributed by atoms with E-state index in [4.69, 9.17) is 9.47 Å². The molecule has 12 heteroatoms. The van der Waals surface area contributed by atoms with Crippen LogP contribution >= 0.6 is 0 Å². The normalized spacial score (nSPS) is 11.1. The topological polar surface area (TPSA) is 152 Å². The summed E-state index contributed by atoms with van der Waals surface area (Å²) < 4.78 is 39.8. The summed E-state index contributed by atoms with van der Waals surface area (Å²) >= 11 is 0. The zero-order valence-corrected chi connectivity index (χ0v) is 22.8. The first-order chi connectivity index (χ1) is 19.7. The van der Waals surface area contributed by atoms with Gasteiger partial charge in [0.15, 0.2) is 11.6 Å². The fourth-order valence-electron chi connectivity index (χ4n) is 3.94. The number of carbonyl (C=O) groups excluding carboxylic acids is 1. The summed E-state index contributed by atoms with van der Waals surface area (Å²) in [5.74, 6) is 0.550. The van der Waals surface area contributed by atoms with E-state index >= 15 is 0 Å². The van der Waals surface area contributed by atoms with Crippen molar-refractivity contribution in [3.05, 3.63) is 96.6 Å². The Balaban J connectivity index is 1.44. The molecular weight excluding hydrogens is 546 g/mol. The zero-order chi connectivity index (χ0) is 29.0. The zero-order valence-electron chi connectivity index (χ0n) is 22.0. The molecule has 11 nitrogen and oxygen atoms in total. The van der Waals surface area contributed by atoms with Crippen molar-refractivity contribution in [3.63, 3.8) is 0 Å². The number of aromatic hydroxyl groups is 1. The van der Waals surface area contributed by atoms with Crippen molar-refractivity contribution in [2.24, 2.45) is 0 Å². The lowest BCUT2D eigenvalue weighted by Crippen LogP contribution is -2.17. The number of sulfonamides is 1. The maximum atomic E-state index is 13.5. The number of methoxy groups -OCH3 is 2. The number of carbonyl (C=O) groups is 1. The van der Waals surface area contributed by atoms with Crippen molar-refractivity contribution < 1.29 is 27.8 Å². The number of phenols is 1. The van der Waals surface area contributed by atoms with E-state index in [1.807, 2.05) is 0 Å². The Bertz CT molecular complexity index is 1850. The molecule has 0 aliphatic carbocycles. The van der Waals surface area contributed by atoms with Crippen LogP contribution in [0.1, 0.15) is 10.4 Å². The van der Waals surface area contributed by atoms with Gasteiger partial charge in [-0.2, -0.15) is 0 Å². The van der Waals surface area contributed by atoms with E-state index in [-0.39, 0.29) is 28.0 Å². The molecule has 0 fully saturated rings. The highest BCUT2D eigenvalue weighted by Gasteiger charge is 2.20. The number of benzene rings is 4. The van der Waals surface area contributed by atoms with Gasteiger partial charge in [0.05, 0.1) is 30.1 Å². The van der Waals surface area contributed by atoms with Gasteiger partial charge in [0.25, 0.3) is 15.9 Å². The van der Waals surface area contributed by atoms with Crippen LogP contribution in [-0.4, -0.2) is 43.6 Å². The number of ether oxygens (including phenoxy) is 2. The Morgan fingerprint density at radius 3 is 2.12 bits per heavy atom. The first kappa shape index (κ1) is 27.2. The van der Waals surface area contributed by atoms with Gasteiger partial charge in [-0.25, -0.2) is 18.4 Å². The molecule has 5 rings (SSSR count). The molecule has 0 saturated heterocycles. The summed E-state index contributed by atoms with van der Waals surface area (Å²) in [7, 11) is -1.20. The molecule has 0 aliphatic heterocycles. The second kappa shape index (κ2) is 11.4. The number of hydrogen-bond acceptors (Lipinski definition) is 9. The first-order valence-electron chi connectivity index (χ1n) is 12.2. The number of para-hydroxylation sites is 2. The van der Waals surface area contributed by atoms with Crippen LogP contribution in [-0.2, 0) is 10.0 Å². The quantitative estimate of drug-likeness (QED) is 0.188. The lowest BCUT2D eigenvalue weighted by molar-refractivity contribution is 0.102. The smallest absolute Gasteiger partial charge is 0.263 e. The molecule has 4 N–H and O–H groups in total. The highest BCUT2D eigenvalue weighted by molar-refractivity contribution is 7.92. The second-order valence-electron chi connectivity index (χ2n) is 8.77. The van der Waals surface area contributed by atoms with E-state index in [0.717, 1.165) is 0 Å². The number of nitrogens with zero attached hydrogens (tertiary/aromatic N) is 2. The molecule has 4 aromatic carbocycles. The Morgan fingerprint density at radius 1 is 0.756 bits per heavy atom. The average Bonchev–Trinajstić information content (AvgIpc) is 2.97. The SMILES string of the molecule is COc1ccc(C(=O)Nc2cccc(S(=O)(=O)Nc3nc4ccccc4nc3Nc3cc(O)cc(OC)c3)c2)cc1. The van der Waals surface area contributed by atoms with E-state index in [9.17, 15) is 18.3 Å². The number of rotatable bonds is 9. The van der Waals surface area contributed by atoms with Gasteiger partial charge >= 0.3 is 0 Å². The Hall–Kier alpha value is -5.36. The number of fused-ring (bicyclic) bond motifs is 1. The monoisotopic (exact) mass is 571 g/mol. The standard InChI is InChI=1S/C29H25N5O6S/c1-39-22-12-10-18(11-13-22)29(36)31-19-6-5-7-24(16-19)41(37,38)34-28-27(32-25-8-3-4-9-26(25)33-28)30-20-14-21(35)17-23(15-20)40-2/h3-17,35H,1-2H3,(H,30,32)(H,31,36)(H,33,34). The molecule has 208 valence electrons. The van der Waals surface area contributed by atoms with E-state index in [2.05, 4.69) is 25.3 Å². The van der Waals surface area contributed by atoms with Gasteiger partial charge in [-0.3, -0.25) is 9.52 Å². The van der Waals surface area contributed by atoms with E-state index in [1.54, 1.807) is 60.7 Å². The molecule has 0 atom stereocenters. The first-order valence-corrected chi connectivity index (χ1v) is 13.7. The molecule has 0 radical (unpaired) electrons. The predicted octanol–water partition coefficient (Wildman–Crippen LogP) is 5.15. The molecule has 41 heavy (non-hydrogen) atoms. The van der Waals surface area contributed by atoms with Crippen molar-refractivity contribution in [1.82, 2.24) is 9.97 Å². The highest BCUT2D eigenvalue weighted by Crippen LogP contribution is 2.31. The summed E-state index contributed by atoms with van der Waals surface area (Å²) in [4.78, 5) is 21.6. The van der Waals surface area contributed by atoms with Crippen LogP contribution in [0, 0.1) is 0 Å². The van der Waals surface area contributed by atoms with Gasteiger partial charge in [0.2, 0.25) is 0 Å². The minimum absolute atomic E-state index is 0.0590. The average molecular weight is 572 g/mol. The highest BCUT2D eigenvalue weighted by atomic mass is 32.2. The van der Waals surface area contributed by atoms with Crippen LogP contribution in [0.3, 0.4) is 0 Å². The molecule has 0 unspecified atom stereocenters. The van der Waals surface area contributed by atoms with Gasteiger partial charge in [0.1, 0.15) is 17.2 Å². The Morgan fingerprint density at radius 2 is 1.44 bits per heavy atom. The summed E-state index contributed by atoms with van der Waals surface area (Å²) in [5.41, 5.74) is 2.04. The van der Waals surface area contributed by atoms with E-state index in [1.165, 1.54) is 44.6 Å². The maximum Gasteiger partial charge on any atom is 0.263 e. The van der Waals surface area contributed by atoms with Gasteiger partial charge < -0.3 is 25.2 Å².